The number of hydrogen-bond donors (Lipinski definition) is 1. The van der Waals surface area contributed by atoms with Gasteiger partial charge in [-0.1, -0.05) is 30.4 Å². The predicted molar refractivity (Wildman–Crippen MR) is 74.6 cm³/mol. The number of rotatable bonds is 3. The van der Waals surface area contributed by atoms with Crippen molar-refractivity contribution >= 4 is 11.6 Å². The van der Waals surface area contributed by atoms with Crippen molar-refractivity contribution < 1.29 is 4.79 Å². The van der Waals surface area contributed by atoms with Gasteiger partial charge in [0, 0.05) is 18.3 Å². The summed E-state index contributed by atoms with van der Waals surface area (Å²) in [6.45, 7) is 8.96. The number of hydrogen-bond acceptors (Lipinski definition) is 2. The van der Waals surface area contributed by atoms with Crippen LogP contribution in [0.25, 0.3) is 0 Å². The Morgan fingerprint density at radius 1 is 1.50 bits per heavy atom. The van der Waals surface area contributed by atoms with Gasteiger partial charge in [-0.05, 0) is 31.9 Å². The third kappa shape index (κ3) is 2.26. The largest absolute Gasteiger partial charge is 0.369 e. The number of nitrogens with zero attached hydrogens (tertiary/aromatic N) is 1. The Hall–Kier alpha value is -1.77. The number of primary amides is 1. The molecule has 0 saturated carbocycles. The molecule has 1 aromatic carbocycles. The molecule has 1 heterocycles. The van der Waals surface area contributed by atoms with Gasteiger partial charge in [0.25, 0.3) is 0 Å². The van der Waals surface area contributed by atoms with E-state index in [9.17, 15) is 4.79 Å². The highest BCUT2D eigenvalue weighted by Gasteiger charge is 2.32. The molecule has 1 aliphatic heterocycles. The molecule has 0 fully saturated rings. The molecule has 0 saturated heterocycles. The summed E-state index contributed by atoms with van der Waals surface area (Å²) < 4.78 is 0. The van der Waals surface area contributed by atoms with E-state index in [1.165, 1.54) is 0 Å². The van der Waals surface area contributed by atoms with E-state index >= 15 is 0 Å². The highest BCUT2D eigenvalue weighted by molar-refractivity contribution is 5.85. The first kappa shape index (κ1) is 12.7. The molecule has 2 unspecified atom stereocenters. The second-order valence-corrected chi connectivity index (χ2v) is 5.18. The number of benzene rings is 1. The smallest absolute Gasteiger partial charge is 0.225 e. The maximum absolute atomic E-state index is 11.6. The number of carbonyl (C=O) groups is 1. The van der Waals surface area contributed by atoms with Crippen molar-refractivity contribution in [1.82, 2.24) is 0 Å². The second-order valence-electron chi connectivity index (χ2n) is 5.18. The van der Waals surface area contributed by atoms with Crippen molar-refractivity contribution in [3.8, 4) is 0 Å². The molecule has 0 aliphatic carbocycles. The van der Waals surface area contributed by atoms with Crippen LogP contribution in [-0.2, 0) is 4.79 Å². The fourth-order valence-electron chi connectivity index (χ4n) is 2.68. The van der Waals surface area contributed by atoms with Crippen LogP contribution >= 0.6 is 0 Å². The summed E-state index contributed by atoms with van der Waals surface area (Å²) in [7, 11) is 0. The lowest BCUT2D eigenvalue weighted by Gasteiger charge is -2.40. The Kier molecular flexibility index (Phi) is 3.41. The van der Waals surface area contributed by atoms with Crippen LogP contribution in [0.1, 0.15) is 31.7 Å². The van der Waals surface area contributed by atoms with E-state index < -0.39 is 0 Å². The van der Waals surface area contributed by atoms with Crippen molar-refractivity contribution in [3.05, 3.63) is 42.0 Å². The third-order valence-corrected chi connectivity index (χ3v) is 3.51. The molecule has 3 heteroatoms. The molecule has 0 spiro atoms. The minimum absolute atomic E-state index is 0.169. The summed E-state index contributed by atoms with van der Waals surface area (Å²) in [6, 6.07) is 8.32. The van der Waals surface area contributed by atoms with E-state index in [1.54, 1.807) is 0 Å². The Morgan fingerprint density at radius 2 is 2.17 bits per heavy atom. The molecule has 2 N–H and O–H groups in total. The normalized spacial score (nSPS) is 22.4. The van der Waals surface area contributed by atoms with Gasteiger partial charge in [0.1, 0.15) is 0 Å². The van der Waals surface area contributed by atoms with Gasteiger partial charge in [-0.15, -0.1) is 0 Å². The van der Waals surface area contributed by atoms with Gasteiger partial charge in [-0.3, -0.25) is 4.79 Å². The molecule has 2 atom stereocenters. The molecule has 96 valence electrons. The van der Waals surface area contributed by atoms with E-state index in [-0.39, 0.29) is 11.8 Å². The van der Waals surface area contributed by atoms with Crippen LogP contribution in [0.15, 0.2) is 36.4 Å². The van der Waals surface area contributed by atoms with Crippen molar-refractivity contribution in [2.24, 2.45) is 5.73 Å². The number of amides is 1. The lowest BCUT2D eigenvalue weighted by atomic mass is 9.85. The SMILES string of the molecule is C=C(C)CN1c2ccccc2C(C(N)=O)CC1C. The Labute approximate surface area is 108 Å². The minimum Gasteiger partial charge on any atom is -0.369 e. The lowest BCUT2D eigenvalue weighted by Crippen LogP contribution is -2.42. The molecule has 0 radical (unpaired) electrons. The highest BCUT2D eigenvalue weighted by Crippen LogP contribution is 2.38. The van der Waals surface area contributed by atoms with Crippen molar-refractivity contribution in [1.29, 1.82) is 0 Å². The molecule has 0 aromatic heterocycles. The van der Waals surface area contributed by atoms with Gasteiger partial charge < -0.3 is 10.6 Å². The molecule has 1 amide bonds. The molecule has 18 heavy (non-hydrogen) atoms. The lowest BCUT2D eigenvalue weighted by molar-refractivity contribution is -0.119. The minimum atomic E-state index is -0.232. The number of nitrogens with two attached hydrogens (primary N) is 1. The average Bonchev–Trinajstić information content (AvgIpc) is 2.31. The van der Waals surface area contributed by atoms with Crippen molar-refractivity contribution in [3.63, 3.8) is 0 Å². The monoisotopic (exact) mass is 244 g/mol. The quantitative estimate of drug-likeness (QED) is 0.830. The topological polar surface area (TPSA) is 46.3 Å². The van der Waals surface area contributed by atoms with Crippen LogP contribution < -0.4 is 10.6 Å². The maximum Gasteiger partial charge on any atom is 0.225 e. The number of carbonyl (C=O) groups excluding carboxylic acids is 1. The maximum atomic E-state index is 11.6. The molecule has 1 aliphatic rings. The first-order valence-corrected chi connectivity index (χ1v) is 6.30. The molecule has 3 nitrogen and oxygen atoms in total. The van der Waals surface area contributed by atoms with Gasteiger partial charge >= 0.3 is 0 Å². The summed E-state index contributed by atoms with van der Waals surface area (Å²) in [6.07, 6.45) is 0.777. The van der Waals surface area contributed by atoms with Gasteiger partial charge in [0.2, 0.25) is 5.91 Å². The fourth-order valence-corrected chi connectivity index (χ4v) is 2.68. The number of fused-ring (bicyclic) bond motifs is 1. The zero-order chi connectivity index (χ0) is 13.3. The van der Waals surface area contributed by atoms with Crippen LogP contribution in [0.5, 0.6) is 0 Å². The van der Waals surface area contributed by atoms with E-state index in [2.05, 4.69) is 24.5 Å². The van der Waals surface area contributed by atoms with Gasteiger partial charge in [0.05, 0.1) is 5.92 Å². The van der Waals surface area contributed by atoms with Gasteiger partial charge in [0.15, 0.2) is 0 Å². The number of anilines is 1. The molecule has 2 rings (SSSR count). The fraction of sp³-hybridized carbons (Fsp3) is 0.400. The van der Waals surface area contributed by atoms with E-state index in [1.807, 2.05) is 25.1 Å². The molecular formula is C15H20N2O. The van der Waals surface area contributed by atoms with Crippen molar-refractivity contribution in [2.45, 2.75) is 32.2 Å². The van der Waals surface area contributed by atoms with Crippen LogP contribution in [0.2, 0.25) is 0 Å². The highest BCUT2D eigenvalue weighted by atomic mass is 16.1. The third-order valence-electron chi connectivity index (χ3n) is 3.51. The molecular weight excluding hydrogens is 224 g/mol. The summed E-state index contributed by atoms with van der Waals surface area (Å²) in [4.78, 5) is 13.9. The summed E-state index contributed by atoms with van der Waals surface area (Å²) in [5.41, 5.74) is 8.80. The van der Waals surface area contributed by atoms with E-state index in [4.69, 9.17) is 5.73 Å². The van der Waals surface area contributed by atoms with Crippen LogP contribution in [-0.4, -0.2) is 18.5 Å². The van der Waals surface area contributed by atoms with Crippen LogP contribution in [0.3, 0.4) is 0 Å². The Balaban J connectivity index is 2.44. The van der Waals surface area contributed by atoms with Crippen LogP contribution in [0, 0.1) is 0 Å². The summed E-state index contributed by atoms with van der Waals surface area (Å²) in [5.74, 6) is -0.401. The second kappa shape index (κ2) is 4.84. The zero-order valence-corrected chi connectivity index (χ0v) is 11.0. The van der Waals surface area contributed by atoms with E-state index in [0.717, 1.165) is 29.8 Å². The summed E-state index contributed by atoms with van der Waals surface area (Å²) >= 11 is 0. The zero-order valence-electron chi connectivity index (χ0n) is 11.0. The van der Waals surface area contributed by atoms with Gasteiger partial charge in [-0.25, -0.2) is 0 Å². The van der Waals surface area contributed by atoms with Crippen LogP contribution in [0.4, 0.5) is 5.69 Å². The Morgan fingerprint density at radius 3 is 2.78 bits per heavy atom. The van der Waals surface area contributed by atoms with Gasteiger partial charge in [-0.2, -0.15) is 0 Å². The average molecular weight is 244 g/mol. The molecule has 1 aromatic rings. The predicted octanol–water partition coefficient (Wildman–Crippen LogP) is 2.43. The Bertz CT molecular complexity index is 481. The first-order chi connectivity index (χ1) is 8.50. The first-order valence-electron chi connectivity index (χ1n) is 6.30. The summed E-state index contributed by atoms with van der Waals surface area (Å²) in [5, 5.41) is 0. The van der Waals surface area contributed by atoms with Crippen molar-refractivity contribution in [2.75, 3.05) is 11.4 Å². The molecule has 0 bridgehead atoms. The standard InChI is InChI=1S/C15H20N2O/c1-10(2)9-17-11(3)8-13(15(16)18)12-6-4-5-7-14(12)17/h4-7,11,13H,1,8-9H2,2-3H3,(H2,16,18). The van der Waals surface area contributed by atoms with E-state index in [0.29, 0.717) is 6.04 Å². The number of para-hydroxylation sites is 1.